The summed E-state index contributed by atoms with van der Waals surface area (Å²) in [5.41, 5.74) is 4.37. The van der Waals surface area contributed by atoms with E-state index in [2.05, 4.69) is 29.3 Å². The van der Waals surface area contributed by atoms with Crippen molar-refractivity contribution in [3.8, 4) is 11.5 Å². The zero-order chi connectivity index (χ0) is 18.6. The Bertz CT molecular complexity index is 936. The summed E-state index contributed by atoms with van der Waals surface area (Å²) in [6, 6.07) is 26.6. The Morgan fingerprint density at radius 1 is 0.815 bits per heavy atom. The number of anilines is 1. The summed E-state index contributed by atoms with van der Waals surface area (Å²) in [4.78, 5) is 0. The Morgan fingerprint density at radius 2 is 1.52 bits per heavy atom. The molecular formula is C23H22N2O2. The topological polar surface area (TPSA) is 34.1 Å². The van der Waals surface area contributed by atoms with Crippen LogP contribution in [0.5, 0.6) is 11.5 Å². The molecule has 0 N–H and O–H groups in total. The first-order chi connectivity index (χ1) is 13.3. The highest BCUT2D eigenvalue weighted by molar-refractivity contribution is 6.03. The third-order valence-corrected chi connectivity index (χ3v) is 4.85. The lowest BCUT2D eigenvalue weighted by Crippen LogP contribution is -2.19. The van der Waals surface area contributed by atoms with E-state index in [1.807, 2.05) is 54.6 Å². The fourth-order valence-corrected chi connectivity index (χ4v) is 3.44. The van der Waals surface area contributed by atoms with Crippen molar-refractivity contribution in [3.05, 3.63) is 90.0 Å². The smallest absolute Gasteiger partial charge is 0.144 e. The maximum Gasteiger partial charge on any atom is 0.144 e. The van der Waals surface area contributed by atoms with E-state index in [-0.39, 0.29) is 6.04 Å². The van der Waals surface area contributed by atoms with Crippen molar-refractivity contribution in [3.63, 3.8) is 0 Å². The summed E-state index contributed by atoms with van der Waals surface area (Å²) in [6.07, 6.45) is 0.828. The van der Waals surface area contributed by atoms with Gasteiger partial charge in [0.1, 0.15) is 17.2 Å². The van der Waals surface area contributed by atoms with Crippen molar-refractivity contribution >= 4 is 11.4 Å². The molecule has 0 aliphatic carbocycles. The zero-order valence-corrected chi connectivity index (χ0v) is 15.5. The number of para-hydroxylation sites is 2. The molecule has 4 nitrogen and oxygen atoms in total. The van der Waals surface area contributed by atoms with Crippen molar-refractivity contribution in [2.75, 3.05) is 19.2 Å². The van der Waals surface area contributed by atoms with Crippen molar-refractivity contribution in [1.82, 2.24) is 0 Å². The molecule has 1 atom stereocenters. The first-order valence-corrected chi connectivity index (χ1v) is 8.99. The van der Waals surface area contributed by atoms with Gasteiger partial charge in [-0.2, -0.15) is 5.10 Å². The van der Waals surface area contributed by atoms with Crippen LogP contribution in [0.25, 0.3) is 0 Å². The van der Waals surface area contributed by atoms with Crippen LogP contribution in [-0.4, -0.2) is 19.9 Å². The normalized spacial score (nSPS) is 16.1. The number of ether oxygens (including phenoxy) is 2. The second kappa shape index (κ2) is 7.54. The molecule has 0 radical (unpaired) electrons. The van der Waals surface area contributed by atoms with E-state index in [0.29, 0.717) is 0 Å². The van der Waals surface area contributed by atoms with Crippen LogP contribution in [0, 0.1) is 0 Å². The van der Waals surface area contributed by atoms with Crippen molar-refractivity contribution in [2.24, 2.45) is 5.10 Å². The Labute approximate surface area is 159 Å². The monoisotopic (exact) mass is 358 g/mol. The molecule has 136 valence electrons. The predicted molar refractivity (Wildman–Crippen MR) is 109 cm³/mol. The van der Waals surface area contributed by atoms with Gasteiger partial charge in [0.25, 0.3) is 0 Å². The van der Waals surface area contributed by atoms with Gasteiger partial charge in [0.05, 0.1) is 26.0 Å². The van der Waals surface area contributed by atoms with Gasteiger partial charge in [0.2, 0.25) is 0 Å². The molecule has 1 aliphatic rings. The molecule has 0 fully saturated rings. The van der Waals surface area contributed by atoms with E-state index >= 15 is 0 Å². The maximum atomic E-state index is 5.59. The van der Waals surface area contributed by atoms with E-state index in [0.717, 1.165) is 34.9 Å². The fourth-order valence-electron chi connectivity index (χ4n) is 3.44. The number of hydrogen-bond donors (Lipinski definition) is 0. The summed E-state index contributed by atoms with van der Waals surface area (Å²) in [5, 5.41) is 7.05. The molecule has 1 unspecified atom stereocenters. The summed E-state index contributed by atoms with van der Waals surface area (Å²) in [5.74, 6) is 1.67. The van der Waals surface area contributed by atoms with Crippen LogP contribution in [-0.2, 0) is 0 Å². The quantitative estimate of drug-likeness (QED) is 0.639. The van der Waals surface area contributed by atoms with Crippen LogP contribution >= 0.6 is 0 Å². The van der Waals surface area contributed by atoms with E-state index in [4.69, 9.17) is 14.6 Å². The third kappa shape index (κ3) is 3.38. The van der Waals surface area contributed by atoms with Gasteiger partial charge >= 0.3 is 0 Å². The van der Waals surface area contributed by atoms with Gasteiger partial charge in [0.15, 0.2) is 0 Å². The molecule has 3 aromatic carbocycles. The second-order valence-electron chi connectivity index (χ2n) is 6.42. The van der Waals surface area contributed by atoms with Gasteiger partial charge in [-0.3, -0.25) is 5.01 Å². The number of methoxy groups -OCH3 is 2. The number of hydrazone groups is 1. The van der Waals surface area contributed by atoms with Crippen LogP contribution < -0.4 is 14.5 Å². The van der Waals surface area contributed by atoms with Gasteiger partial charge < -0.3 is 9.47 Å². The largest absolute Gasteiger partial charge is 0.497 e. The highest BCUT2D eigenvalue weighted by Gasteiger charge is 2.31. The van der Waals surface area contributed by atoms with E-state index in [1.165, 1.54) is 5.56 Å². The number of rotatable bonds is 5. The lowest BCUT2D eigenvalue weighted by atomic mass is 9.98. The molecule has 0 aromatic heterocycles. The number of nitrogens with zero attached hydrogens (tertiary/aromatic N) is 2. The molecule has 27 heavy (non-hydrogen) atoms. The first-order valence-electron chi connectivity index (χ1n) is 8.99. The number of hydrogen-bond acceptors (Lipinski definition) is 4. The van der Waals surface area contributed by atoms with Crippen LogP contribution in [0.4, 0.5) is 5.69 Å². The van der Waals surface area contributed by atoms with Gasteiger partial charge in [-0.05, 0) is 35.4 Å². The molecule has 0 bridgehead atoms. The molecule has 0 saturated heterocycles. The van der Waals surface area contributed by atoms with Gasteiger partial charge in [-0.15, -0.1) is 0 Å². The Balaban J connectivity index is 1.77. The van der Waals surface area contributed by atoms with Crippen molar-refractivity contribution in [1.29, 1.82) is 0 Å². The van der Waals surface area contributed by atoms with E-state index in [1.54, 1.807) is 14.2 Å². The summed E-state index contributed by atoms with van der Waals surface area (Å²) >= 11 is 0. The summed E-state index contributed by atoms with van der Waals surface area (Å²) < 4.78 is 10.9. The Kier molecular flexibility index (Phi) is 4.79. The molecule has 3 aromatic rings. The molecule has 1 heterocycles. The standard InChI is InChI=1S/C23H22N2O2/c1-26-19-14-12-18(13-15-19)22-16-20(17-8-4-3-5-9-17)24-25(22)21-10-6-7-11-23(21)27-2/h3-15,22H,16H2,1-2H3. The number of benzene rings is 3. The van der Waals surface area contributed by atoms with Gasteiger partial charge in [-0.1, -0.05) is 54.6 Å². The molecule has 4 rings (SSSR count). The van der Waals surface area contributed by atoms with Crippen molar-refractivity contribution in [2.45, 2.75) is 12.5 Å². The molecular weight excluding hydrogens is 336 g/mol. The average Bonchev–Trinajstić information content (AvgIpc) is 3.19. The molecule has 1 aliphatic heterocycles. The maximum absolute atomic E-state index is 5.59. The van der Waals surface area contributed by atoms with Crippen molar-refractivity contribution < 1.29 is 9.47 Å². The zero-order valence-electron chi connectivity index (χ0n) is 15.5. The minimum Gasteiger partial charge on any atom is -0.497 e. The first kappa shape index (κ1) is 17.2. The van der Waals surface area contributed by atoms with E-state index in [9.17, 15) is 0 Å². The van der Waals surface area contributed by atoms with Crippen LogP contribution in [0.1, 0.15) is 23.6 Å². The molecule has 0 amide bonds. The van der Waals surface area contributed by atoms with Gasteiger partial charge in [-0.25, -0.2) is 0 Å². The lowest BCUT2D eigenvalue weighted by molar-refractivity contribution is 0.413. The predicted octanol–water partition coefficient (Wildman–Crippen LogP) is 5.06. The van der Waals surface area contributed by atoms with Gasteiger partial charge in [0, 0.05) is 6.42 Å². The molecule has 0 spiro atoms. The third-order valence-electron chi connectivity index (χ3n) is 4.85. The minimum absolute atomic E-state index is 0.0995. The summed E-state index contributed by atoms with van der Waals surface area (Å²) in [6.45, 7) is 0. The van der Waals surface area contributed by atoms with Crippen LogP contribution in [0.15, 0.2) is 84.0 Å². The second-order valence-corrected chi connectivity index (χ2v) is 6.42. The van der Waals surface area contributed by atoms with E-state index < -0.39 is 0 Å². The fraction of sp³-hybridized carbons (Fsp3) is 0.174. The average molecular weight is 358 g/mol. The molecule has 0 saturated carbocycles. The van der Waals surface area contributed by atoms with Crippen LogP contribution in [0.3, 0.4) is 0 Å². The summed E-state index contributed by atoms with van der Waals surface area (Å²) in [7, 11) is 3.38. The minimum atomic E-state index is 0.0995. The SMILES string of the molecule is COc1ccc(C2CC(c3ccccc3)=NN2c2ccccc2OC)cc1. The highest BCUT2D eigenvalue weighted by Crippen LogP contribution is 2.40. The lowest BCUT2D eigenvalue weighted by Gasteiger charge is -2.25. The Morgan fingerprint density at radius 3 is 2.22 bits per heavy atom. The Hall–Kier alpha value is -3.27. The van der Waals surface area contributed by atoms with Crippen LogP contribution in [0.2, 0.25) is 0 Å². The highest BCUT2D eigenvalue weighted by atomic mass is 16.5. The molecule has 4 heteroatoms.